The first-order valence-corrected chi connectivity index (χ1v) is 10.0. The highest BCUT2D eigenvalue weighted by Crippen LogP contribution is 2.24. The summed E-state index contributed by atoms with van der Waals surface area (Å²) >= 11 is 0. The molecule has 0 aromatic heterocycles. The molecular formula is C23H23N3O6. The van der Waals surface area contributed by atoms with E-state index in [9.17, 15) is 24.0 Å². The van der Waals surface area contributed by atoms with Gasteiger partial charge >= 0.3 is 12.0 Å². The first kappa shape index (κ1) is 22.7. The Morgan fingerprint density at radius 3 is 2.16 bits per heavy atom. The minimum absolute atomic E-state index is 0.0150. The van der Waals surface area contributed by atoms with Crippen LogP contribution in [0.25, 0.3) is 0 Å². The predicted molar refractivity (Wildman–Crippen MR) is 114 cm³/mol. The minimum atomic E-state index is -1.21. The van der Waals surface area contributed by atoms with Crippen LogP contribution in [-0.2, 0) is 16.1 Å². The molecule has 2 aromatic rings. The molecule has 0 aliphatic carbocycles. The van der Waals surface area contributed by atoms with Crippen molar-refractivity contribution < 1.29 is 28.7 Å². The molecule has 9 nitrogen and oxygen atoms in total. The number of esters is 1. The van der Waals surface area contributed by atoms with Crippen LogP contribution >= 0.6 is 0 Å². The van der Waals surface area contributed by atoms with Crippen molar-refractivity contribution in [3.8, 4) is 0 Å². The molecule has 1 aliphatic heterocycles. The predicted octanol–water partition coefficient (Wildman–Crippen LogP) is 2.26. The van der Waals surface area contributed by atoms with Gasteiger partial charge in [0.1, 0.15) is 0 Å². The molecule has 1 heterocycles. The Balaban J connectivity index is 1.64. The first-order chi connectivity index (χ1) is 15.2. The lowest BCUT2D eigenvalue weighted by molar-refractivity contribution is -0.127. The van der Waals surface area contributed by atoms with Crippen LogP contribution in [-0.4, -0.2) is 46.8 Å². The SMILES string of the molecule is CC(C)NC(=O)NC(=O)C(C)OC(=O)c1cccc(CN2C(=O)c3ccccc3C2=O)c1. The number of rotatable bonds is 6. The van der Waals surface area contributed by atoms with Crippen molar-refractivity contribution in [3.05, 3.63) is 70.8 Å². The Bertz CT molecular complexity index is 1060. The highest BCUT2D eigenvalue weighted by Gasteiger charge is 2.35. The van der Waals surface area contributed by atoms with Gasteiger partial charge in [0, 0.05) is 6.04 Å². The van der Waals surface area contributed by atoms with E-state index in [1.165, 1.54) is 19.1 Å². The van der Waals surface area contributed by atoms with Gasteiger partial charge in [-0.25, -0.2) is 9.59 Å². The van der Waals surface area contributed by atoms with Crippen LogP contribution in [0.4, 0.5) is 4.79 Å². The number of ether oxygens (including phenoxy) is 1. The molecule has 2 aromatic carbocycles. The average molecular weight is 437 g/mol. The molecular weight excluding hydrogens is 414 g/mol. The van der Waals surface area contributed by atoms with E-state index in [-0.39, 0.29) is 18.2 Å². The molecule has 0 saturated carbocycles. The highest BCUT2D eigenvalue weighted by atomic mass is 16.5. The highest BCUT2D eigenvalue weighted by molar-refractivity contribution is 6.21. The minimum Gasteiger partial charge on any atom is -0.449 e. The van der Waals surface area contributed by atoms with Crippen molar-refractivity contribution in [3.63, 3.8) is 0 Å². The maximum atomic E-state index is 12.5. The zero-order valence-electron chi connectivity index (χ0n) is 17.9. The standard InChI is InChI=1S/C23H23N3O6/c1-13(2)24-23(31)25-19(27)14(3)32-22(30)16-8-6-7-15(11-16)12-26-20(28)17-9-4-5-10-18(17)21(26)29/h4-11,13-14H,12H2,1-3H3,(H2,24,25,27,31). The maximum absolute atomic E-state index is 12.5. The van der Waals surface area contributed by atoms with Crippen LogP contribution in [0, 0.1) is 0 Å². The van der Waals surface area contributed by atoms with Crippen molar-refractivity contribution in [2.24, 2.45) is 0 Å². The molecule has 1 unspecified atom stereocenters. The number of amides is 5. The fourth-order valence-corrected chi connectivity index (χ4v) is 3.16. The lowest BCUT2D eigenvalue weighted by Gasteiger charge is -2.16. The van der Waals surface area contributed by atoms with Crippen molar-refractivity contribution in [1.82, 2.24) is 15.5 Å². The van der Waals surface area contributed by atoms with Crippen molar-refractivity contribution in [1.29, 1.82) is 0 Å². The van der Waals surface area contributed by atoms with E-state index in [0.29, 0.717) is 16.7 Å². The molecule has 9 heteroatoms. The summed E-state index contributed by atoms with van der Waals surface area (Å²) in [6, 6.07) is 12.0. The fraction of sp³-hybridized carbons (Fsp3) is 0.261. The molecule has 166 valence electrons. The van der Waals surface area contributed by atoms with E-state index >= 15 is 0 Å². The number of imide groups is 2. The summed E-state index contributed by atoms with van der Waals surface area (Å²) in [5, 5.41) is 4.60. The van der Waals surface area contributed by atoms with Gasteiger partial charge in [-0.3, -0.25) is 24.6 Å². The summed E-state index contributed by atoms with van der Waals surface area (Å²) < 4.78 is 5.14. The van der Waals surface area contributed by atoms with Gasteiger partial charge in [-0.1, -0.05) is 24.3 Å². The number of fused-ring (bicyclic) bond motifs is 1. The number of carbonyl (C=O) groups excluding carboxylic acids is 5. The molecule has 1 atom stereocenters. The molecule has 1 aliphatic rings. The molecule has 5 amide bonds. The second-order valence-electron chi connectivity index (χ2n) is 7.61. The summed E-state index contributed by atoms with van der Waals surface area (Å²) in [5.74, 6) is -2.34. The van der Waals surface area contributed by atoms with Gasteiger partial charge in [0.25, 0.3) is 17.7 Å². The van der Waals surface area contributed by atoms with Crippen molar-refractivity contribution in [2.45, 2.75) is 39.5 Å². The number of nitrogens with zero attached hydrogens (tertiary/aromatic N) is 1. The third-order valence-corrected chi connectivity index (χ3v) is 4.69. The number of benzene rings is 2. The number of carbonyl (C=O) groups is 5. The lowest BCUT2D eigenvalue weighted by Crippen LogP contribution is -2.46. The van der Waals surface area contributed by atoms with E-state index in [4.69, 9.17) is 4.74 Å². The van der Waals surface area contributed by atoms with Gasteiger partial charge in [-0.05, 0) is 50.6 Å². The van der Waals surface area contributed by atoms with Crippen LogP contribution in [0.5, 0.6) is 0 Å². The number of urea groups is 1. The van der Waals surface area contributed by atoms with Crippen LogP contribution in [0.2, 0.25) is 0 Å². The summed E-state index contributed by atoms with van der Waals surface area (Å²) in [6.07, 6.45) is -1.21. The van der Waals surface area contributed by atoms with E-state index in [1.54, 1.807) is 50.2 Å². The number of hydrogen-bond acceptors (Lipinski definition) is 6. The summed E-state index contributed by atoms with van der Waals surface area (Å²) in [4.78, 5) is 62.3. The summed E-state index contributed by atoms with van der Waals surface area (Å²) in [5.41, 5.74) is 1.37. The third-order valence-electron chi connectivity index (χ3n) is 4.69. The van der Waals surface area contributed by atoms with Crippen LogP contribution in [0.3, 0.4) is 0 Å². The quantitative estimate of drug-likeness (QED) is 0.528. The van der Waals surface area contributed by atoms with Crippen LogP contribution < -0.4 is 10.6 Å². The van der Waals surface area contributed by atoms with Gasteiger partial charge < -0.3 is 10.1 Å². The van der Waals surface area contributed by atoms with Crippen LogP contribution in [0.15, 0.2) is 48.5 Å². The second kappa shape index (κ2) is 9.42. The Kier molecular flexibility index (Phi) is 6.67. The van der Waals surface area contributed by atoms with Crippen LogP contribution in [0.1, 0.15) is 57.4 Å². The van der Waals surface area contributed by atoms with Gasteiger partial charge in [0.15, 0.2) is 6.10 Å². The van der Waals surface area contributed by atoms with Gasteiger partial charge in [0.2, 0.25) is 0 Å². The normalized spacial score (nSPS) is 13.6. The first-order valence-electron chi connectivity index (χ1n) is 10.0. The van der Waals surface area contributed by atoms with E-state index in [2.05, 4.69) is 10.6 Å². The molecule has 0 radical (unpaired) electrons. The molecule has 32 heavy (non-hydrogen) atoms. The largest absolute Gasteiger partial charge is 0.449 e. The Hall–Kier alpha value is -4.01. The maximum Gasteiger partial charge on any atom is 0.338 e. The Morgan fingerprint density at radius 2 is 1.56 bits per heavy atom. The Labute approximate surface area is 184 Å². The van der Waals surface area contributed by atoms with Crippen molar-refractivity contribution >= 4 is 29.7 Å². The third kappa shape index (κ3) is 5.00. The average Bonchev–Trinajstić information content (AvgIpc) is 2.98. The van der Waals surface area contributed by atoms with E-state index in [0.717, 1.165) is 4.90 Å². The van der Waals surface area contributed by atoms with Crippen molar-refractivity contribution in [2.75, 3.05) is 0 Å². The van der Waals surface area contributed by atoms with Gasteiger partial charge in [0.05, 0.1) is 23.2 Å². The lowest BCUT2D eigenvalue weighted by atomic mass is 10.1. The molecule has 0 saturated heterocycles. The monoisotopic (exact) mass is 437 g/mol. The zero-order valence-corrected chi connectivity index (χ0v) is 17.9. The zero-order chi connectivity index (χ0) is 23.4. The summed E-state index contributed by atoms with van der Waals surface area (Å²) in [7, 11) is 0. The number of nitrogens with one attached hydrogen (secondary N) is 2. The second-order valence-corrected chi connectivity index (χ2v) is 7.61. The molecule has 2 N–H and O–H groups in total. The van der Waals surface area contributed by atoms with E-state index < -0.39 is 35.8 Å². The topological polar surface area (TPSA) is 122 Å². The molecule has 0 bridgehead atoms. The molecule has 0 fully saturated rings. The molecule has 0 spiro atoms. The number of hydrogen-bond donors (Lipinski definition) is 2. The fourth-order valence-electron chi connectivity index (χ4n) is 3.16. The van der Waals surface area contributed by atoms with Gasteiger partial charge in [-0.15, -0.1) is 0 Å². The van der Waals surface area contributed by atoms with Gasteiger partial charge in [-0.2, -0.15) is 0 Å². The Morgan fingerprint density at radius 1 is 0.938 bits per heavy atom. The van der Waals surface area contributed by atoms with E-state index in [1.807, 2.05) is 0 Å². The smallest absolute Gasteiger partial charge is 0.338 e. The molecule has 3 rings (SSSR count). The summed E-state index contributed by atoms with van der Waals surface area (Å²) in [6.45, 7) is 4.81.